The Labute approximate surface area is 194 Å². The van der Waals surface area contributed by atoms with Crippen LogP contribution in [-0.4, -0.2) is 60.8 Å². The summed E-state index contributed by atoms with van der Waals surface area (Å²) in [6.07, 6.45) is -11.1. The summed E-state index contributed by atoms with van der Waals surface area (Å²) in [5.41, 5.74) is -6.22. The van der Waals surface area contributed by atoms with Crippen molar-refractivity contribution in [1.82, 2.24) is 9.29 Å². The van der Waals surface area contributed by atoms with Crippen molar-refractivity contribution in [2.24, 2.45) is 0 Å². The molecule has 0 spiro atoms. The molecule has 1 atom stereocenters. The maximum absolute atomic E-state index is 13.7. The van der Waals surface area contributed by atoms with Gasteiger partial charge in [-0.1, -0.05) is 23.7 Å². The molecule has 1 saturated heterocycles. The lowest BCUT2D eigenvalue weighted by molar-refractivity contribution is -0.376. The average molecular weight is 536 g/mol. The number of piperazine rings is 1. The molecule has 1 aliphatic rings. The van der Waals surface area contributed by atoms with Crippen LogP contribution in [0.2, 0.25) is 5.15 Å². The Hall–Kier alpha value is -2.16. The molecular formula is C19H17ClF7N3O3S. The molecule has 1 aromatic carbocycles. The molecule has 6 nitrogen and oxygen atoms in total. The van der Waals surface area contributed by atoms with E-state index in [0.29, 0.717) is 12.1 Å². The van der Waals surface area contributed by atoms with Crippen LogP contribution in [0.1, 0.15) is 12.5 Å². The lowest BCUT2D eigenvalue weighted by Crippen LogP contribution is -2.54. The Morgan fingerprint density at radius 1 is 1.06 bits per heavy atom. The fraction of sp³-hybridized carbons (Fsp3) is 0.421. The molecule has 1 aliphatic heterocycles. The standard InChI is InChI=1S/C19H17ClF7N3O3S/c1-11-10-29(34(32,33)14-8-15(21)16(20)28-9-14)6-7-30(11)13-4-2-12(3-5-13)17(31,18(22,23)24)19(25,26)27/h2-5,8-9,11,31H,6-7,10H2,1H3. The number of anilines is 1. The molecule has 188 valence electrons. The molecule has 0 amide bonds. The second-order valence-electron chi connectivity index (χ2n) is 7.60. The van der Waals surface area contributed by atoms with Crippen LogP contribution in [0.25, 0.3) is 0 Å². The molecule has 15 heteroatoms. The normalized spacial score (nSPS) is 18.9. The number of rotatable bonds is 4. The molecule has 0 saturated carbocycles. The van der Waals surface area contributed by atoms with Gasteiger partial charge in [0.15, 0.2) is 11.0 Å². The SMILES string of the molecule is CC1CN(S(=O)(=O)c2cnc(Cl)c(F)c2)CCN1c1ccc(C(O)(C(F)(F)F)C(F)(F)F)cc1. The zero-order valence-corrected chi connectivity index (χ0v) is 18.8. The second-order valence-corrected chi connectivity index (χ2v) is 9.90. The first kappa shape index (κ1) is 26.4. The Kier molecular flexibility index (Phi) is 6.85. The van der Waals surface area contributed by atoms with Crippen molar-refractivity contribution in [3.8, 4) is 0 Å². The van der Waals surface area contributed by atoms with E-state index < -0.39 is 55.4 Å². The monoisotopic (exact) mass is 535 g/mol. The minimum atomic E-state index is -6.00. The first-order valence-electron chi connectivity index (χ1n) is 9.54. The van der Waals surface area contributed by atoms with Gasteiger partial charge in [0, 0.05) is 43.1 Å². The zero-order chi connectivity index (χ0) is 25.7. The van der Waals surface area contributed by atoms with Crippen LogP contribution in [0.5, 0.6) is 0 Å². The lowest BCUT2D eigenvalue weighted by atomic mass is 9.92. The fourth-order valence-corrected chi connectivity index (χ4v) is 5.18. The number of hydrogen-bond acceptors (Lipinski definition) is 5. The number of benzene rings is 1. The minimum absolute atomic E-state index is 0.0338. The van der Waals surface area contributed by atoms with Crippen LogP contribution in [0, 0.1) is 5.82 Å². The highest BCUT2D eigenvalue weighted by Crippen LogP contribution is 2.50. The van der Waals surface area contributed by atoms with Crippen molar-refractivity contribution >= 4 is 27.3 Å². The molecule has 1 fully saturated rings. The molecule has 0 bridgehead atoms. The molecule has 34 heavy (non-hydrogen) atoms. The predicted octanol–water partition coefficient (Wildman–Crippen LogP) is 4.09. The number of sulfonamides is 1. The summed E-state index contributed by atoms with van der Waals surface area (Å²) in [6, 6.07) is 3.18. The number of aliphatic hydroxyl groups is 1. The van der Waals surface area contributed by atoms with E-state index in [4.69, 9.17) is 11.6 Å². The fourth-order valence-electron chi connectivity index (χ4n) is 3.60. The molecule has 1 aromatic heterocycles. The average Bonchev–Trinajstić information content (AvgIpc) is 2.73. The smallest absolute Gasteiger partial charge is 0.369 e. The van der Waals surface area contributed by atoms with Crippen molar-refractivity contribution in [2.45, 2.75) is 35.8 Å². The quantitative estimate of drug-likeness (QED) is 0.472. The minimum Gasteiger partial charge on any atom is -0.369 e. The Bertz CT molecular complexity index is 1140. The number of alkyl halides is 6. The molecule has 1 N–H and O–H groups in total. The predicted molar refractivity (Wildman–Crippen MR) is 107 cm³/mol. The Morgan fingerprint density at radius 2 is 1.62 bits per heavy atom. The molecule has 2 aromatic rings. The molecule has 2 heterocycles. The van der Waals surface area contributed by atoms with Gasteiger partial charge >= 0.3 is 12.4 Å². The van der Waals surface area contributed by atoms with Crippen molar-refractivity contribution in [2.75, 3.05) is 24.5 Å². The van der Waals surface area contributed by atoms with Gasteiger partial charge in [0.2, 0.25) is 10.0 Å². The molecule has 3 rings (SSSR count). The third-order valence-electron chi connectivity index (χ3n) is 5.44. The van der Waals surface area contributed by atoms with E-state index >= 15 is 0 Å². The summed E-state index contributed by atoms with van der Waals surface area (Å²) in [7, 11) is -4.14. The molecule has 1 unspecified atom stereocenters. The highest BCUT2D eigenvalue weighted by atomic mass is 35.5. The van der Waals surface area contributed by atoms with E-state index in [-0.39, 0.29) is 25.3 Å². The van der Waals surface area contributed by atoms with Gasteiger partial charge in [-0.15, -0.1) is 0 Å². The van der Waals surface area contributed by atoms with E-state index in [1.165, 1.54) is 0 Å². The third kappa shape index (κ3) is 4.55. The lowest BCUT2D eigenvalue weighted by Gasteiger charge is -2.40. The van der Waals surface area contributed by atoms with E-state index in [0.717, 1.165) is 28.7 Å². The summed E-state index contributed by atoms with van der Waals surface area (Å²) in [5, 5.41) is 9.00. The molecule has 0 aliphatic carbocycles. The maximum atomic E-state index is 13.7. The first-order valence-corrected chi connectivity index (χ1v) is 11.4. The largest absolute Gasteiger partial charge is 0.430 e. The van der Waals surface area contributed by atoms with Gasteiger partial charge in [-0.05, 0) is 25.1 Å². The van der Waals surface area contributed by atoms with E-state index in [1.54, 1.807) is 11.8 Å². The summed E-state index contributed by atoms with van der Waals surface area (Å²) in [4.78, 5) is 4.64. The second kappa shape index (κ2) is 8.81. The Balaban J connectivity index is 1.82. The van der Waals surface area contributed by atoms with E-state index in [9.17, 15) is 44.3 Å². The highest BCUT2D eigenvalue weighted by Gasteiger charge is 2.71. The highest BCUT2D eigenvalue weighted by molar-refractivity contribution is 7.89. The summed E-state index contributed by atoms with van der Waals surface area (Å²) < 4.78 is 119. The van der Waals surface area contributed by atoms with Crippen molar-refractivity contribution in [3.63, 3.8) is 0 Å². The zero-order valence-electron chi connectivity index (χ0n) is 17.2. The van der Waals surface area contributed by atoms with Crippen LogP contribution in [0.4, 0.5) is 36.4 Å². The van der Waals surface area contributed by atoms with Gasteiger partial charge in [-0.3, -0.25) is 0 Å². The molecule has 0 radical (unpaired) electrons. The van der Waals surface area contributed by atoms with Crippen LogP contribution in [0.15, 0.2) is 41.4 Å². The topological polar surface area (TPSA) is 73.7 Å². The van der Waals surface area contributed by atoms with Gasteiger partial charge in [-0.2, -0.15) is 30.6 Å². The van der Waals surface area contributed by atoms with E-state index in [2.05, 4.69) is 4.98 Å². The summed E-state index contributed by atoms with van der Waals surface area (Å²) in [5.74, 6) is -1.02. The summed E-state index contributed by atoms with van der Waals surface area (Å²) >= 11 is 5.47. The first-order chi connectivity index (χ1) is 15.5. The van der Waals surface area contributed by atoms with Crippen molar-refractivity contribution in [1.29, 1.82) is 0 Å². The number of pyridine rings is 1. The molecular weight excluding hydrogens is 519 g/mol. The van der Waals surface area contributed by atoms with Crippen LogP contribution in [0.3, 0.4) is 0 Å². The van der Waals surface area contributed by atoms with Gasteiger partial charge in [0.1, 0.15) is 4.90 Å². The number of hydrogen-bond donors (Lipinski definition) is 1. The number of nitrogens with zero attached hydrogens (tertiary/aromatic N) is 3. The van der Waals surface area contributed by atoms with Gasteiger partial charge in [0.05, 0.1) is 0 Å². The van der Waals surface area contributed by atoms with Gasteiger partial charge in [-0.25, -0.2) is 17.8 Å². The van der Waals surface area contributed by atoms with Gasteiger partial charge < -0.3 is 10.0 Å². The number of aromatic nitrogens is 1. The van der Waals surface area contributed by atoms with Crippen LogP contribution < -0.4 is 4.90 Å². The third-order valence-corrected chi connectivity index (χ3v) is 7.54. The Morgan fingerprint density at radius 3 is 2.09 bits per heavy atom. The summed E-state index contributed by atoms with van der Waals surface area (Å²) in [6.45, 7) is 1.42. The van der Waals surface area contributed by atoms with Crippen LogP contribution >= 0.6 is 11.6 Å². The van der Waals surface area contributed by atoms with Crippen molar-refractivity contribution < 1.29 is 44.3 Å². The maximum Gasteiger partial charge on any atom is 0.430 e. The van der Waals surface area contributed by atoms with Gasteiger partial charge in [0.25, 0.3) is 5.60 Å². The van der Waals surface area contributed by atoms with Crippen LogP contribution in [-0.2, 0) is 15.6 Å². The number of halogens is 8. The van der Waals surface area contributed by atoms with E-state index in [1.807, 2.05) is 0 Å². The van der Waals surface area contributed by atoms with Crippen molar-refractivity contribution in [3.05, 3.63) is 53.1 Å².